The van der Waals surface area contributed by atoms with Gasteiger partial charge in [0, 0.05) is 4.47 Å². The topological polar surface area (TPSA) is 29.9 Å². The maximum Gasteiger partial charge on any atom is 0.178 e. The number of nitrogens with one attached hydrogen (secondary N) is 1. The lowest BCUT2D eigenvalue weighted by molar-refractivity contribution is 0.299. The van der Waals surface area contributed by atoms with Gasteiger partial charge in [-0.2, -0.15) is 0 Å². The minimum atomic E-state index is 0.581. The summed E-state index contributed by atoms with van der Waals surface area (Å²) >= 11 is 8.85. The number of fused-ring (bicyclic) bond motifs is 1. The lowest BCUT2D eigenvalue weighted by atomic mass is 10.3. The van der Waals surface area contributed by atoms with Crippen LogP contribution in [0.15, 0.2) is 53.0 Å². The van der Waals surface area contributed by atoms with Crippen LogP contribution in [0.25, 0.3) is 11.0 Å². The molecule has 0 saturated heterocycles. The van der Waals surface area contributed by atoms with Crippen LogP contribution in [0.1, 0.15) is 0 Å². The zero-order valence-corrected chi connectivity index (χ0v) is 13.1. The number of nitrogens with zero attached hydrogens (tertiary/aromatic N) is 1. The first-order valence-electron chi connectivity index (χ1n) is 6.30. The van der Waals surface area contributed by atoms with Gasteiger partial charge in [0.05, 0.1) is 17.6 Å². The third kappa shape index (κ3) is 2.78. The van der Waals surface area contributed by atoms with E-state index in [0.717, 1.165) is 26.0 Å². The molecule has 102 valence electrons. The summed E-state index contributed by atoms with van der Waals surface area (Å²) in [5, 5.41) is 0. The van der Waals surface area contributed by atoms with Crippen LogP contribution in [-0.4, -0.2) is 16.2 Å². The highest BCUT2D eigenvalue weighted by molar-refractivity contribution is 9.10. The van der Waals surface area contributed by atoms with Gasteiger partial charge in [0.1, 0.15) is 12.4 Å². The second-order valence-electron chi connectivity index (χ2n) is 4.40. The number of aromatic amines is 1. The Morgan fingerprint density at radius 2 is 1.95 bits per heavy atom. The number of H-pyrrole nitrogens is 1. The van der Waals surface area contributed by atoms with Gasteiger partial charge in [-0.3, -0.25) is 0 Å². The number of ether oxygens (including phenoxy) is 1. The van der Waals surface area contributed by atoms with Crippen molar-refractivity contribution in [3.63, 3.8) is 0 Å². The Bertz CT molecular complexity index is 779. The highest BCUT2D eigenvalue weighted by Crippen LogP contribution is 2.19. The third-order valence-corrected chi connectivity index (χ3v) is 3.88. The fourth-order valence-corrected chi connectivity index (χ4v) is 2.77. The predicted molar refractivity (Wildman–Crippen MR) is 86.8 cm³/mol. The Morgan fingerprint density at radius 3 is 2.75 bits per heavy atom. The van der Waals surface area contributed by atoms with Crippen molar-refractivity contribution in [1.29, 1.82) is 0 Å². The maximum absolute atomic E-state index is 5.72. The van der Waals surface area contributed by atoms with E-state index in [1.54, 1.807) is 0 Å². The molecule has 0 unspecified atom stereocenters. The van der Waals surface area contributed by atoms with Gasteiger partial charge < -0.3 is 14.3 Å². The van der Waals surface area contributed by atoms with Gasteiger partial charge in [-0.15, -0.1) is 0 Å². The normalized spacial score (nSPS) is 10.8. The van der Waals surface area contributed by atoms with Crippen LogP contribution >= 0.6 is 28.1 Å². The van der Waals surface area contributed by atoms with Crippen molar-refractivity contribution in [2.45, 2.75) is 6.54 Å². The molecule has 5 heteroatoms. The van der Waals surface area contributed by atoms with E-state index < -0.39 is 0 Å². The molecule has 0 spiro atoms. The summed E-state index contributed by atoms with van der Waals surface area (Å²) in [6.07, 6.45) is 0. The number of rotatable bonds is 4. The molecule has 3 aromatic rings. The van der Waals surface area contributed by atoms with Crippen molar-refractivity contribution in [3.8, 4) is 5.75 Å². The first-order valence-corrected chi connectivity index (χ1v) is 7.50. The van der Waals surface area contributed by atoms with E-state index in [-0.39, 0.29) is 0 Å². The van der Waals surface area contributed by atoms with Crippen molar-refractivity contribution in [1.82, 2.24) is 9.55 Å². The highest BCUT2D eigenvalue weighted by atomic mass is 79.9. The average Bonchev–Trinajstić information content (AvgIpc) is 2.76. The Kier molecular flexibility index (Phi) is 3.89. The van der Waals surface area contributed by atoms with Crippen LogP contribution in [0.2, 0.25) is 0 Å². The number of halogens is 1. The highest BCUT2D eigenvalue weighted by Gasteiger charge is 2.05. The molecule has 1 N–H and O–H groups in total. The maximum atomic E-state index is 5.72. The smallest absolute Gasteiger partial charge is 0.178 e. The molecule has 0 saturated carbocycles. The van der Waals surface area contributed by atoms with E-state index in [0.29, 0.717) is 13.2 Å². The molecule has 3 nitrogen and oxygen atoms in total. The van der Waals surface area contributed by atoms with E-state index in [1.165, 1.54) is 0 Å². The monoisotopic (exact) mass is 348 g/mol. The van der Waals surface area contributed by atoms with Gasteiger partial charge in [-0.1, -0.05) is 34.1 Å². The molecule has 0 fully saturated rings. The fourth-order valence-electron chi connectivity index (χ4n) is 2.12. The van der Waals surface area contributed by atoms with Crippen LogP contribution in [0, 0.1) is 4.77 Å². The van der Waals surface area contributed by atoms with E-state index in [1.807, 2.05) is 42.5 Å². The first-order chi connectivity index (χ1) is 9.74. The minimum Gasteiger partial charge on any atom is -0.492 e. The van der Waals surface area contributed by atoms with Crippen LogP contribution in [0.3, 0.4) is 0 Å². The lowest BCUT2D eigenvalue weighted by Gasteiger charge is -2.07. The fraction of sp³-hybridized carbons (Fsp3) is 0.133. The first kappa shape index (κ1) is 13.4. The SMILES string of the molecule is S=c1[nH]c2ccc(Br)cc2n1CCOc1ccccc1. The van der Waals surface area contributed by atoms with E-state index in [4.69, 9.17) is 17.0 Å². The zero-order valence-electron chi connectivity index (χ0n) is 10.7. The third-order valence-electron chi connectivity index (χ3n) is 3.06. The molecule has 0 amide bonds. The molecule has 20 heavy (non-hydrogen) atoms. The largest absolute Gasteiger partial charge is 0.492 e. The lowest BCUT2D eigenvalue weighted by Crippen LogP contribution is -2.08. The molecule has 1 aromatic heterocycles. The van der Waals surface area contributed by atoms with Gasteiger partial charge in [0.25, 0.3) is 0 Å². The quantitative estimate of drug-likeness (QED) is 0.701. The second-order valence-corrected chi connectivity index (χ2v) is 5.71. The Labute approximate surface area is 130 Å². The number of imidazole rings is 1. The Morgan fingerprint density at radius 1 is 1.15 bits per heavy atom. The molecule has 0 atom stereocenters. The Hall–Kier alpha value is -1.59. The van der Waals surface area contributed by atoms with Crippen molar-refractivity contribution in [3.05, 3.63) is 57.8 Å². The molecule has 0 aliphatic heterocycles. The number of aromatic nitrogens is 2. The number of benzene rings is 2. The van der Waals surface area contributed by atoms with Crippen LogP contribution in [0.4, 0.5) is 0 Å². The van der Waals surface area contributed by atoms with Crippen molar-refractivity contribution >= 4 is 39.2 Å². The summed E-state index contributed by atoms with van der Waals surface area (Å²) in [4.78, 5) is 3.20. The molecule has 3 rings (SSSR count). The number of para-hydroxylation sites is 1. The molecular formula is C15H13BrN2OS. The molecule has 0 bridgehead atoms. The molecular weight excluding hydrogens is 336 g/mol. The van der Waals surface area contributed by atoms with Gasteiger partial charge in [-0.25, -0.2) is 0 Å². The average molecular weight is 349 g/mol. The van der Waals surface area contributed by atoms with Gasteiger partial charge in [0.2, 0.25) is 0 Å². The Balaban J connectivity index is 1.79. The molecule has 2 aromatic carbocycles. The second kappa shape index (κ2) is 5.81. The molecule has 0 radical (unpaired) electrons. The summed E-state index contributed by atoms with van der Waals surface area (Å²) in [6, 6.07) is 15.9. The standard InChI is InChI=1S/C15H13BrN2OS/c16-11-6-7-13-14(10-11)18(15(20)17-13)8-9-19-12-4-2-1-3-5-12/h1-7,10H,8-9H2,(H,17,20). The molecule has 0 aliphatic rings. The van der Waals surface area contributed by atoms with Gasteiger partial charge >= 0.3 is 0 Å². The van der Waals surface area contributed by atoms with Crippen molar-refractivity contribution in [2.75, 3.05) is 6.61 Å². The number of hydrogen-bond donors (Lipinski definition) is 1. The van der Waals surface area contributed by atoms with E-state index >= 15 is 0 Å². The molecule has 1 heterocycles. The van der Waals surface area contributed by atoms with Crippen LogP contribution < -0.4 is 4.74 Å². The summed E-state index contributed by atoms with van der Waals surface area (Å²) in [7, 11) is 0. The predicted octanol–water partition coefficient (Wildman–Crippen LogP) is 4.54. The number of hydrogen-bond acceptors (Lipinski definition) is 2. The minimum absolute atomic E-state index is 0.581. The van der Waals surface area contributed by atoms with Crippen LogP contribution in [-0.2, 0) is 6.54 Å². The summed E-state index contributed by atoms with van der Waals surface area (Å²) < 4.78 is 9.53. The van der Waals surface area contributed by atoms with Gasteiger partial charge in [-0.05, 0) is 42.5 Å². The van der Waals surface area contributed by atoms with E-state index in [2.05, 4.69) is 31.5 Å². The summed E-state index contributed by atoms with van der Waals surface area (Å²) in [5.74, 6) is 0.875. The zero-order chi connectivity index (χ0) is 13.9. The van der Waals surface area contributed by atoms with Crippen molar-refractivity contribution < 1.29 is 4.74 Å². The summed E-state index contributed by atoms with van der Waals surface area (Å²) in [6.45, 7) is 1.29. The van der Waals surface area contributed by atoms with Gasteiger partial charge in [0.15, 0.2) is 4.77 Å². The van der Waals surface area contributed by atoms with Crippen molar-refractivity contribution in [2.24, 2.45) is 0 Å². The van der Waals surface area contributed by atoms with E-state index in [9.17, 15) is 0 Å². The summed E-state index contributed by atoms with van der Waals surface area (Å²) in [5.41, 5.74) is 2.12. The molecule has 0 aliphatic carbocycles. The van der Waals surface area contributed by atoms with Crippen LogP contribution in [0.5, 0.6) is 5.75 Å².